The van der Waals surface area contributed by atoms with Gasteiger partial charge in [0.05, 0.1) is 12.5 Å². The van der Waals surface area contributed by atoms with Crippen LogP contribution in [0.25, 0.3) is 10.8 Å². The van der Waals surface area contributed by atoms with Crippen molar-refractivity contribution in [3.63, 3.8) is 0 Å². The summed E-state index contributed by atoms with van der Waals surface area (Å²) in [5.41, 5.74) is 2.23. The zero-order chi connectivity index (χ0) is 33.5. The van der Waals surface area contributed by atoms with Gasteiger partial charge in [0.2, 0.25) is 11.8 Å². The van der Waals surface area contributed by atoms with Crippen LogP contribution in [0.15, 0.2) is 97.1 Å². The summed E-state index contributed by atoms with van der Waals surface area (Å²) >= 11 is 0. The molecule has 2 N–H and O–H groups in total. The second-order valence-corrected chi connectivity index (χ2v) is 12.5. The van der Waals surface area contributed by atoms with Crippen molar-refractivity contribution in [3.05, 3.63) is 114 Å². The topological polar surface area (TPSA) is 117 Å². The van der Waals surface area contributed by atoms with Gasteiger partial charge in [-0.2, -0.15) is 0 Å². The highest BCUT2D eigenvalue weighted by molar-refractivity contribution is 5.94. The molecule has 0 aliphatic carbocycles. The van der Waals surface area contributed by atoms with Crippen molar-refractivity contribution in [1.82, 2.24) is 20.4 Å². The molecule has 4 aromatic carbocycles. The molecule has 2 aliphatic heterocycles. The molecule has 2 heterocycles. The first-order valence-electron chi connectivity index (χ1n) is 16.4. The molecule has 248 valence electrons. The SMILES string of the molecule is CN1CCC[C@H](NC(=O)OCc2ccccc2)C(=O)N2C[C@@H](NC(=O)Cc3ccc4ccccc4c3)C[C@H]2COc2cccc(c2)C1=O. The number of nitrogens with zero attached hydrogens (tertiary/aromatic N) is 2. The number of ether oxygens (including phenoxy) is 2. The molecule has 48 heavy (non-hydrogen) atoms. The molecule has 10 heteroatoms. The first kappa shape index (κ1) is 32.6. The van der Waals surface area contributed by atoms with Crippen LogP contribution < -0.4 is 15.4 Å². The van der Waals surface area contributed by atoms with Crippen molar-refractivity contribution in [1.29, 1.82) is 0 Å². The maximum atomic E-state index is 14.2. The Kier molecular flexibility index (Phi) is 10.2. The number of carbonyl (C=O) groups excluding carboxylic acids is 4. The van der Waals surface area contributed by atoms with Crippen LogP contribution in [0, 0.1) is 0 Å². The molecule has 2 aliphatic rings. The van der Waals surface area contributed by atoms with E-state index in [9.17, 15) is 19.2 Å². The monoisotopic (exact) mass is 648 g/mol. The molecular formula is C38H40N4O6. The van der Waals surface area contributed by atoms with E-state index in [1.165, 1.54) is 0 Å². The zero-order valence-electron chi connectivity index (χ0n) is 27.0. The van der Waals surface area contributed by atoms with Crippen molar-refractivity contribution in [2.45, 2.75) is 50.4 Å². The molecule has 0 unspecified atom stereocenters. The van der Waals surface area contributed by atoms with E-state index in [2.05, 4.69) is 10.6 Å². The number of rotatable bonds is 6. The lowest BCUT2D eigenvalue weighted by Gasteiger charge is -2.30. The molecule has 10 nitrogen and oxygen atoms in total. The minimum Gasteiger partial charge on any atom is -0.491 e. The van der Waals surface area contributed by atoms with E-state index in [4.69, 9.17) is 9.47 Å². The van der Waals surface area contributed by atoms with Crippen molar-refractivity contribution >= 4 is 34.6 Å². The fourth-order valence-electron chi connectivity index (χ4n) is 6.39. The summed E-state index contributed by atoms with van der Waals surface area (Å²) in [7, 11) is 1.71. The Morgan fingerprint density at radius 1 is 0.875 bits per heavy atom. The summed E-state index contributed by atoms with van der Waals surface area (Å²) in [5.74, 6) is -0.0659. The number of nitrogens with one attached hydrogen (secondary N) is 2. The standard InChI is InChI=1S/C38H40N4O6/c1-41-18-8-15-34(40-38(46)48-24-26-9-3-2-4-10-26)37(45)42-23-31(22-32(42)25-47-33-14-7-13-30(21-33)36(41)44)39-35(43)20-27-16-17-28-11-5-6-12-29(28)19-27/h2-7,9-14,16-17,19,21,31-32,34H,8,15,18,20,22-25H2,1H3,(H,39,43)(H,40,46)/t31-,32-,34-/m0/s1. The molecule has 0 radical (unpaired) electrons. The molecule has 0 aromatic heterocycles. The first-order chi connectivity index (χ1) is 23.3. The van der Waals surface area contributed by atoms with Gasteiger partial charge < -0.3 is 29.9 Å². The lowest BCUT2D eigenvalue weighted by Crippen LogP contribution is -2.52. The Balaban J connectivity index is 1.18. The van der Waals surface area contributed by atoms with E-state index in [0.29, 0.717) is 37.1 Å². The van der Waals surface area contributed by atoms with Gasteiger partial charge in [0.25, 0.3) is 5.91 Å². The van der Waals surface area contributed by atoms with Crippen LogP contribution in [0.3, 0.4) is 0 Å². The third-order valence-corrected chi connectivity index (χ3v) is 8.90. The van der Waals surface area contributed by atoms with Gasteiger partial charge in [0.15, 0.2) is 0 Å². The van der Waals surface area contributed by atoms with Crippen molar-refractivity contribution < 1.29 is 28.7 Å². The molecule has 3 atom stereocenters. The van der Waals surface area contributed by atoms with E-state index >= 15 is 0 Å². The van der Waals surface area contributed by atoms with E-state index in [-0.39, 0.29) is 56.0 Å². The highest BCUT2D eigenvalue weighted by atomic mass is 16.5. The van der Waals surface area contributed by atoms with Gasteiger partial charge in [-0.3, -0.25) is 14.4 Å². The molecule has 2 bridgehead atoms. The molecule has 4 aromatic rings. The summed E-state index contributed by atoms with van der Waals surface area (Å²) < 4.78 is 11.6. The number of fused-ring (bicyclic) bond motifs is 4. The number of carbonyl (C=O) groups is 4. The van der Waals surface area contributed by atoms with Crippen LogP contribution in [-0.2, 0) is 27.4 Å². The lowest BCUT2D eigenvalue weighted by atomic mass is 10.0. The van der Waals surface area contributed by atoms with E-state index in [1.807, 2.05) is 72.8 Å². The largest absolute Gasteiger partial charge is 0.491 e. The van der Waals surface area contributed by atoms with Gasteiger partial charge in [0, 0.05) is 31.7 Å². The molecule has 0 spiro atoms. The lowest BCUT2D eigenvalue weighted by molar-refractivity contribution is -0.135. The Labute approximate surface area is 280 Å². The molecule has 1 fully saturated rings. The van der Waals surface area contributed by atoms with Gasteiger partial charge in [-0.1, -0.05) is 78.9 Å². The zero-order valence-corrected chi connectivity index (χ0v) is 27.0. The minimum atomic E-state index is -0.896. The number of amides is 4. The van der Waals surface area contributed by atoms with Crippen LogP contribution in [0.4, 0.5) is 4.79 Å². The Morgan fingerprint density at radius 2 is 1.67 bits per heavy atom. The average molecular weight is 649 g/mol. The summed E-state index contributed by atoms with van der Waals surface area (Å²) in [4.78, 5) is 56.8. The predicted molar refractivity (Wildman–Crippen MR) is 181 cm³/mol. The highest BCUT2D eigenvalue weighted by Gasteiger charge is 2.39. The van der Waals surface area contributed by atoms with Gasteiger partial charge in [-0.25, -0.2) is 4.79 Å². The van der Waals surface area contributed by atoms with Crippen LogP contribution in [0.5, 0.6) is 5.75 Å². The first-order valence-corrected chi connectivity index (χ1v) is 16.4. The molecule has 1 saturated heterocycles. The van der Waals surface area contributed by atoms with Gasteiger partial charge in [-0.05, 0) is 59.4 Å². The van der Waals surface area contributed by atoms with Crippen molar-refractivity contribution in [2.75, 3.05) is 26.7 Å². The summed E-state index contributed by atoms with van der Waals surface area (Å²) in [6.07, 6.45) is 0.743. The fraction of sp³-hybridized carbons (Fsp3) is 0.316. The van der Waals surface area contributed by atoms with E-state index < -0.39 is 12.1 Å². The Bertz CT molecular complexity index is 1780. The molecule has 4 amide bonds. The second kappa shape index (κ2) is 15.0. The number of benzene rings is 4. The third-order valence-electron chi connectivity index (χ3n) is 8.90. The molecule has 6 rings (SSSR count). The quantitative estimate of drug-likeness (QED) is 0.313. The predicted octanol–water partition coefficient (Wildman–Crippen LogP) is 4.71. The molecular weight excluding hydrogens is 608 g/mol. The smallest absolute Gasteiger partial charge is 0.408 e. The highest BCUT2D eigenvalue weighted by Crippen LogP contribution is 2.24. The second-order valence-electron chi connectivity index (χ2n) is 12.5. The maximum absolute atomic E-state index is 14.2. The number of alkyl carbamates (subject to hydrolysis) is 1. The summed E-state index contributed by atoms with van der Waals surface area (Å²) in [5, 5.41) is 8.09. The molecule has 0 saturated carbocycles. The minimum absolute atomic E-state index is 0.0635. The maximum Gasteiger partial charge on any atom is 0.408 e. The summed E-state index contributed by atoms with van der Waals surface area (Å²) in [6.45, 7) is 0.868. The van der Waals surface area contributed by atoms with E-state index in [0.717, 1.165) is 21.9 Å². The average Bonchev–Trinajstić information content (AvgIpc) is 3.50. The number of hydrogen-bond donors (Lipinski definition) is 2. The Morgan fingerprint density at radius 3 is 2.50 bits per heavy atom. The number of hydrogen-bond acceptors (Lipinski definition) is 6. The summed E-state index contributed by atoms with van der Waals surface area (Å²) in [6, 6.07) is 28.7. The van der Waals surface area contributed by atoms with Gasteiger partial charge in [0.1, 0.15) is 25.0 Å². The van der Waals surface area contributed by atoms with Crippen molar-refractivity contribution in [2.24, 2.45) is 0 Å². The van der Waals surface area contributed by atoms with Crippen LogP contribution in [0.1, 0.15) is 40.7 Å². The van der Waals surface area contributed by atoms with Crippen LogP contribution in [0.2, 0.25) is 0 Å². The normalized spacial score (nSPS) is 20.0. The van der Waals surface area contributed by atoms with E-state index in [1.54, 1.807) is 41.1 Å². The van der Waals surface area contributed by atoms with Gasteiger partial charge >= 0.3 is 6.09 Å². The fourth-order valence-corrected chi connectivity index (χ4v) is 6.39. The van der Waals surface area contributed by atoms with Crippen LogP contribution >= 0.6 is 0 Å². The van der Waals surface area contributed by atoms with Gasteiger partial charge in [-0.15, -0.1) is 0 Å². The van der Waals surface area contributed by atoms with Crippen molar-refractivity contribution in [3.8, 4) is 5.75 Å². The Hall–Kier alpha value is -5.38. The van der Waals surface area contributed by atoms with Crippen LogP contribution in [-0.4, -0.2) is 78.5 Å². The third kappa shape index (κ3) is 8.12.